The molecule has 0 bridgehead atoms. The lowest BCUT2D eigenvalue weighted by Crippen LogP contribution is -2.29. The number of hydrogen-bond donors (Lipinski definition) is 2. The van der Waals surface area contributed by atoms with Crippen LogP contribution in [0.3, 0.4) is 0 Å². The summed E-state index contributed by atoms with van der Waals surface area (Å²) in [4.78, 5) is 11.6. The highest BCUT2D eigenvalue weighted by Gasteiger charge is 2.21. The minimum absolute atomic E-state index is 0.0774. The number of esters is 1. The van der Waals surface area contributed by atoms with Crippen molar-refractivity contribution < 1.29 is 24.5 Å². The SMILES string of the molecule is CC(C)(C)OC(=O)CC(O)CC(O)COCc1ccccc1. The Hall–Kier alpha value is -1.43. The van der Waals surface area contributed by atoms with Crippen molar-refractivity contribution in [1.82, 2.24) is 0 Å². The van der Waals surface area contributed by atoms with Crippen molar-refractivity contribution in [3.05, 3.63) is 35.9 Å². The number of aliphatic hydroxyl groups excluding tert-OH is 2. The molecule has 22 heavy (non-hydrogen) atoms. The van der Waals surface area contributed by atoms with Crippen molar-refractivity contribution in [3.63, 3.8) is 0 Å². The zero-order chi connectivity index (χ0) is 16.6. The molecule has 2 atom stereocenters. The van der Waals surface area contributed by atoms with Gasteiger partial charge in [0.1, 0.15) is 5.60 Å². The zero-order valence-electron chi connectivity index (χ0n) is 13.5. The maximum absolute atomic E-state index is 11.6. The Balaban J connectivity index is 2.21. The van der Waals surface area contributed by atoms with Crippen LogP contribution in [0.15, 0.2) is 30.3 Å². The van der Waals surface area contributed by atoms with E-state index in [4.69, 9.17) is 9.47 Å². The van der Waals surface area contributed by atoms with Crippen LogP contribution in [0.25, 0.3) is 0 Å². The number of carbonyl (C=O) groups excluding carboxylic acids is 1. The maximum atomic E-state index is 11.6. The number of hydrogen-bond acceptors (Lipinski definition) is 5. The minimum Gasteiger partial charge on any atom is -0.460 e. The van der Waals surface area contributed by atoms with Gasteiger partial charge < -0.3 is 19.7 Å². The van der Waals surface area contributed by atoms with Crippen LogP contribution < -0.4 is 0 Å². The summed E-state index contributed by atoms with van der Waals surface area (Å²) in [5.74, 6) is -0.475. The summed E-state index contributed by atoms with van der Waals surface area (Å²) in [6.07, 6.45) is -1.81. The predicted octanol–water partition coefficient (Wildman–Crippen LogP) is 2.05. The van der Waals surface area contributed by atoms with E-state index in [-0.39, 0.29) is 19.4 Å². The molecular formula is C17H26O5. The number of rotatable bonds is 8. The molecule has 0 aliphatic heterocycles. The van der Waals surface area contributed by atoms with Gasteiger partial charge >= 0.3 is 5.97 Å². The van der Waals surface area contributed by atoms with E-state index < -0.39 is 23.8 Å². The van der Waals surface area contributed by atoms with Crippen LogP contribution in [0.4, 0.5) is 0 Å². The number of aliphatic hydroxyl groups is 2. The second-order valence-electron chi connectivity index (χ2n) is 6.33. The first-order valence-electron chi connectivity index (χ1n) is 7.46. The summed E-state index contributed by atoms with van der Waals surface area (Å²) in [5.41, 5.74) is 0.442. The van der Waals surface area contributed by atoms with Gasteiger partial charge in [-0.25, -0.2) is 0 Å². The Morgan fingerprint density at radius 3 is 2.36 bits per heavy atom. The highest BCUT2D eigenvalue weighted by atomic mass is 16.6. The van der Waals surface area contributed by atoms with Gasteiger partial charge in [-0.1, -0.05) is 30.3 Å². The van der Waals surface area contributed by atoms with E-state index in [1.165, 1.54) is 0 Å². The number of benzene rings is 1. The van der Waals surface area contributed by atoms with Crippen LogP contribution in [-0.2, 0) is 20.9 Å². The highest BCUT2D eigenvalue weighted by molar-refractivity contribution is 5.70. The van der Waals surface area contributed by atoms with Crippen LogP contribution in [0, 0.1) is 0 Å². The van der Waals surface area contributed by atoms with Gasteiger partial charge in [-0.2, -0.15) is 0 Å². The van der Waals surface area contributed by atoms with Crippen LogP contribution in [0.2, 0.25) is 0 Å². The smallest absolute Gasteiger partial charge is 0.308 e. The summed E-state index contributed by atoms with van der Waals surface area (Å²) in [5, 5.41) is 19.6. The van der Waals surface area contributed by atoms with E-state index in [0.717, 1.165) is 5.56 Å². The molecule has 0 heterocycles. The Morgan fingerprint density at radius 1 is 1.14 bits per heavy atom. The average molecular weight is 310 g/mol. The first-order valence-corrected chi connectivity index (χ1v) is 7.46. The first-order chi connectivity index (χ1) is 10.3. The fourth-order valence-electron chi connectivity index (χ4n) is 1.93. The van der Waals surface area contributed by atoms with Gasteiger partial charge in [-0.15, -0.1) is 0 Å². The van der Waals surface area contributed by atoms with Crippen molar-refractivity contribution in [3.8, 4) is 0 Å². The second-order valence-corrected chi connectivity index (χ2v) is 6.33. The Kier molecular flexibility index (Phi) is 7.51. The molecule has 1 rings (SSSR count). The van der Waals surface area contributed by atoms with E-state index >= 15 is 0 Å². The Morgan fingerprint density at radius 2 is 1.77 bits per heavy atom. The summed E-state index contributed by atoms with van der Waals surface area (Å²) < 4.78 is 10.5. The summed E-state index contributed by atoms with van der Waals surface area (Å²) in [7, 11) is 0. The zero-order valence-corrected chi connectivity index (χ0v) is 13.5. The van der Waals surface area contributed by atoms with E-state index in [1.54, 1.807) is 20.8 Å². The second kappa shape index (κ2) is 8.88. The van der Waals surface area contributed by atoms with E-state index in [1.807, 2.05) is 30.3 Å². The van der Waals surface area contributed by atoms with Crippen LogP contribution in [0.1, 0.15) is 39.2 Å². The van der Waals surface area contributed by atoms with E-state index in [9.17, 15) is 15.0 Å². The van der Waals surface area contributed by atoms with Crippen LogP contribution >= 0.6 is 0 Å². The third-order valence-corrected chi connectivity index (χ3v) is 2.79. The molecule has 0 aliphatic carbocycles. The quantitative estimate of drug-likeness (QED) is 0.719. The molecule has 0 aliphatic rings. The van der Waals surface area contributed by atoms with Crippen molar-refractivity contribution in [2.24, 2.45) is 0 Å². The van der Waals surface area contributed by atoms with Crippen molar-refractivity contribution >= 4 is 5.97 Å². The largest absolute Gasteiger partial charge is 0.460 e. The standard InChI is InChI=1S/C17H26O5/c1-17(2,3)22-16(20)10-14(18)9-15(19)12-21-11-13-7-5-4-6-8-13/h4-8,14-15,18-19H,9-12H2,1-3H3. The molecular weight excluding hydrogens is 284 g/mol. The third-order valence-electron chi connectivity index (χ3n) is 2.79. The van der Waals surface area contributed by atoms with Crippen LogP contribution in [0.5, 0.6) is 0 Å². The molecule has 2 unspecified atom stereocenters. The number of ether oxygens (including phenoxy) is 2. The fraction of sp³-hybridized carbons (Fsp3) is 0.588. The molecule has 2 N–H and O–H groups in total. The maximum Gasteiger partial charge on any atom is 0.308 e. The lowest BCUT2D eigenvalue weighted by atomic mass is 10.1. The molecule has 0 spiro atoms. The molecule has 0 fully saturated rings. The average Bonchev–Trinajstić information content (AvgIpc) is 2.37. The lowest BCUT2D eigenvalue weighted by molar-refractivity contribution is -0.157. The van der Waals surface area contributed by atoms with Gasteiger partial charge in [0, 0.05) is 6.42 Å². The molecule has 0 amide bonds. The summed E-state index contributed by atoms with van der Waals surface area (Å²) in [6, 6.07) is 9.62. The topological polar surface area (TPSA) is 76.0 Å². The molecule has 0 radical (unpaired) electrons. The van der Waals surface area contributed by atoms with Gasteiger partial charge in [0.05, 0.1) is 31.8 Å². The molecule has 1 aromatic rings. The summed E-state index contributed by atoms with van der Waals surface area (Å²) >= 11 is 0. The Bertz CT molecular complexity index is 438. The minimum atomic E-state index is -0.940. The summed E-state index contributed by atoms with van der Waals surface area (Å²) in [6.45, 7) is 5.82. The van der Waals surface area contributed by atoms with Gasteiger partial charge in [0.25, 0.3) is 0 Å². The normalized spacial score (nSPS) is 14.4. The van der Waals surface area contributed by atoms with Crippen LogP contribution in [-0.4, -0.2) is 40.6 Å². The molecule has 5 nitrogen and oxygen atoms in total. The highest BCUT2D eigenvalue weighted by Crippen LogP contribution is 2.11. The van der Waals surface area contributed by atoms with E-state index in [0.29, 0.717) is 6.61 Å². The third kappa shape index (κ3) is 8.77. The molecule has 124 valence electrons. The van der Waals surface area contributed by atoms with Gasteiger partial charge in [-0.3, -0.25) is 4.79 Å². The molecule has 1 aromatic carbocycles. The van der Waals surface area contributed by atoms with Crippen molar-refractivity contribution in [2.45, 2.75) is 58.0 Å². The molecule has 0 saturated carbocycles. The van der Waals surface area contributed by atoms with Crippen molar-refractivity contribution in [1.29, 1.82) is 0 Å². The van der Waals surface area contributed by atoms with Gasteiger partial charge in [0.2, 0.25) is 0 Å². The number of carbonyl (C=O) groups is 1. The first kappa shape index (κ1) is 18.6. The predicted molar refractivity (Wildman–Crippen MR) is 83.2 cm³/mol. The Labute approximate surface area is 131 Å². The molecule has 0 aromatic heterocycles. The van der Waals surface area contributed by atoms with E-state index in [2.05, 4.69) is 0 Å². The van der Waals surface area contributed by atoms with Crippen molar-refractivity contribution in [2.75, 3.05) is 6.61 Å². The van der Waals surface area contributed by atoms with Gasteiger partial charge in [0.15, 0.2) is 0 Å². The molecule has 5 heteroatoms. The lowest BCUT2D eigenvalue weighted by Gasteiger charge is -2.21. The molecule has 0 saturated heterocycles. The monoisotopic (exact) mass is 310 g/mol. The fourth-order valence-corrected chi connectivity index (χ4v) is 1.93. The van der Waals surface area contributed by atoms with Gasteiger partial charge in [-0.05, 0) is 26.3 Å².